The number of azo groups is 1. The molecule has 0 saturated carbocycles. The molecule has 0 aliphatic heterocycles. The van der Waals surface area contributed by atoms with E-state index < -0.39 is 0 Å². The fourth-order valence-corrected chi connectivity index (χ4v) is 3.16. The molecule has 0 bridgehead atoms. The number of hydrogen-bond donors (Lipinski definition) is 1. The van der Waals surface area contributed by atoms with Crippen molar-refractivity contribution in [1.82, 2.24) is 0 Å². The minimum Gasteiger partial charge on any atom is -0.505 e. The molecule has 0 atom stereocenters. The van der Waals surface area contributed by atoms with Crippen LogP contribution in [0.5, 0.6) is 5.75 Å². The Morgan fingerprint density at radius 3 is 2.23 bits per heavy atom. The van der Waals surface area contributed by atoms with Crippen LogP contribution in [0.4, 0.5) is 17.1 Å². The summed E-state index contributed by atoms with van der Waals surface area (Å²) in [5.41, 5.74) is 6.41. The normalized spacial score (nSPS) is 11.4. The maximum Gasteiger partial charge on any atom is 0.226 e. The smallest absolute Gasteiger partial charge is 0.226 e. The number of benzene rings is 3. The summed E-state index contributed by atoms with van der Waals surface area (Å²) in [4.78, 5) is 1.57. The molecule has 2 radical (unpaired) electrons. The Labute approximate surface area is 155 Å². The third kappa shape index (κ3) is 3.17. The SMILES string of the molecule is [B]N(C)c1ccc(N=Nc2c(C)cc3c(C)c(C)ccc3c2O)cc1C. The highest BCUT2D eigenvalue weighted by molar-refractivity contribution is 6.17. The minimum absolute atomic E-state index is 0.168. The van der Waals surface area contributed by atoms with Gasteiger partial charge in [0, 0.05) is 11.1 Å². The third-order valence-electron chi connectivity index (χ3n) is 4.83. The maximum atomic E-state index is 10.7. The molecule has 130 valence electrons. The first-order valence-electron chi connectivity index (χ1n) is 8.53. The number of hydrogen-bond acceptors (Lipinski definition) is 4. The molecule has 4 nitrogen and oxygen atoms in total. The van der Waals surface area contributed by atoms with Crippen molar-refractivity contribution >= 4 is 35.8 Å². The van der Waals surface area contributed by atoms with Gasteiger partial charge in [0.1, 0.15) is 5.69 Å². The summed E-state index contributed by atoms with van der Waals surface area (Å²) in [6.45, 7) is 8.05. The molecule has 0 aliphatic carbocycles. The molecule has 26 heavy (non-hydrogen) atoms. The van der Waals surface area contributed by atoms with E-state index in [1.165, 1.54) is 11.1 Å². The quantitative estimate of drug-likeness (QED) is 0.489. The Kier molecular flexibility index (Phi) is 4.72. The second-order valence-corrected chi connectivity index (χ2v) is 6.77. The van der Waals surface area contributed by atoms with Gasteiger partial charge in [-0.2, -0.15) is 5.11 Å². The molecule has 1 N–H and O–H groups in total. The number of aromatic hydroxyl groups is 1. The summed E-state index contributed by atoms with van der Waals surface area (Å²) < 4.78 is 0. The van der Waals surface area contributed by atoms with E-state index in [9.17, 15) is 5.11 Å². The zero-order valence-corrected chi connectivity index (χ0v) is 15.8. The van der Waals surface area contributed by atoms with Crippen molar-refractivity contribution < 1.29 is 5.11 Å². The van der Waals surface area contributed by atoms with Crippen LogP contribution in [0, 0.1) is 27.7 Å². The van der Waals surface area contributed by atoms with Crippen LogP contribution in [0.15, 0.2) is 46.6 Å². The van der Waals surface area contributed by atoms with Gasteiger partial charge in [-0.3, -0.25) is 0 Å². The van der Waals surface area contributed by atoms with Crippen LogP contribution >= 0.6 is 0 Å². The number of phenolic OH excluding ortho intramolecular Hbond substituents is 1. The molecule has 5 heteroatoms. The lowest BCUT2D eigenvalue weighted by atomic mass is 9.97. The number of aryl methyl sites for hydroxylation is 4. The summed E-state index contributed by atoms with van der Waals surface area (Å²) in [6, 6.07) is 11.7. The van der Waals surface area contributed by atoms with E-state index in [1.807, 2.05) is 44.2 Å². The lowest BCUT2D eigenvalue weighted by Crippen LogP contribution is -2.12. The van der Waals surface area contributed by atoms with E-state index in [1.54, 1.807) is 11.9 Å². The van der Waals surface area contributed by atoms with Gasteiger partial charge < -0.3 is 9.92 Å². The fourth-order valence-electron chi connectivity index (χ4n) is 3.16. The van der Waals surface area contributed by atoms with E-state index in [0.29, 0.717) is 11.4 Å². The van der Waals surface area contributed by atoms with Crippen LogP contribution < -0.4 is 4.81 Å². The highest BCUT2D eigenvalue weighted by Gasteiger charge is 2.12. The molecular weight excluding hydrogens is 321 g/mol. The van der Waals surface area contributed by atoms with Gasteiger partial charge >= 0.3 is 0 Å². The fraction of sp³-hybridized carbons (Fsp3) is 0.238. The van der Waals surface area contributed by atoms with Crippen molar-refractivity contribution in [2.45, 2.75) is 27.7 Å². The van der Waals surface area contributed by atoms with Crippen LogP contribution in [-0.2, 0) is 0 Å². The molecule has 0 amide bonds. The largest absolute Gasteiger partial charge is 0.505 e. The number of nitrogens with zero attached hydrogens (tertiary/aromatic N) is 3. The van der Waals surface area contributed by atoms with Crippen molar-refractivity contribution in [2.75, 3.05) is 11.9 Å². The first kappa shape index (κ1) is 18.0. The Morgan fingerprint density at radius 2 is 1.58 bits per heavy atom. The molecular formula is C21H22BN3O. The molecule has 0 unspecified atom stereocenters. The van der Waals surface area contributed by atoms with E-state index in [-0.39, 0.29) is 5.75 Å². The van der Waals surface area contributed by atoms with Crippen molar-refractivity contribution in [2.24, 2.45) is 10.2 Å². The number of rotatable bonds is 3. The maximum absolute atomic E-state index is 10.7. The van der Waals surface area contributed by atoms with Gasteiger partial charge in [-0.05, 0) is 86.6 Å². The van der Waals surface area contributed by atoms with Crippen LogP contribution in [0.1, 0.15) is 22.3 Å². The second-order valence-electron chi connectivity index (χ2n) is 6.77. The first-order valence-corrected chi connectivity index (χ1v) is 8.53. The van der Waals surface area contributed by atoms with Crippen molar-refractivity contribution in [3.8, 4) is 5.75 Å². The summed E-state index contributed by atoms with van der Waals surface area (Å²) in [5, 5.41) is 21.2. The molecule has 0 spiro atoms. The Bertz CT molecular complexity index is 1030. The van der Waals surface area contributed by atoms with Gasteiger partial charge in [0.25, 0.3) is 0 Å². The van der Waals surface area contributed by atoms with Gasteiger partial charge in [-0.15, -0.1) is 5.11 Å². The summed E-state index contributed by atoms with van der Waals surface area (Å²) >= 11 is 0. The molecule has 0 fully saturated rings. The van der Waals surface area contributed by atoms with Crippen LogP contribution in [-0.4, -0.2) is 20.1 Å². The lowest BCUT2D eigenvalue weighted by Gasteiger charge is -2.16. The highest BCUT2D eigenvalue weighted by atomic mass is 16.3. The van der Waals surface area contributed by atoms with E-state index in [2.05, 4.69) is 30.1 Å². The van der Waals surface area contributed by atoms with Crippen LogP contribution in [0.3, 0.4) is 0 Å². The molecule has 3 aromatic carbocycles. The standard InChI is InChI=1S/C21H22BN3O/c1-12-6-8-17-18(15(12)4)11-14(3)20(21(17)26)24-23-16-7-9-19(25(5)22)13(2)10-16/h6-11,26H,1-5H3. The third-order valence-corrected chi connectivity index (χ3v) is 4.83. The molecule has 0 saturated heterocycles. The van der Waals surface area contributed by atoms with E-state index >= 15 is 0 Å². The van der Waals surface area contributed by atoms with Crippen LogP contribution in [0.25, 0.3) is 10.8 Å². The molecule has 3 aromatic rings. The monoisotopic (exact) mass is 343 g/mol. The van der Waals surface area contributed by atoms with Crippen molar-refractivity contribution in [3.05, 3.63) is 58.7 Å². The molecule has 0 heterocycles. The van der Waals surface area contributed by atoms with Gasteiger partial charge in [-0.1, -0.05) is 12.1 Å². The van der Waals surface area contributed by atoms with Crippen molar-refractivity contribution in [3.63, 3.8) is 0 Å². The van der Waals surface area contributed by atoms with E-state index in [4.69, 9.17) is 7.98 Å². The summed E-state index contributed by atoms with van der Waals surface area (Å²) in [5.74, 6) is 0.168. The zero-order chi connectivity index (χ0) is 19.0. The van der Waals surface area contributed by atoms with Gasteiger partial charge in [-0.25, -0.2) is 0 Å². The Morgan fingerprint density at radius 1 is 0.846 bits per heavy atom. The zero-order valence-electron chi connectivity index (χ0n) is 15.8. The number of fused-ring (bicyclic) bond motifs is 1. The average molecular weight is 343 g/mol. The van der Waals surface area contributed by atoms with Crippen molar-refractivity contribution in [1.29, 1.82) is 0 Å². The molecule has 3 rings (SSSR count). The Hall–Kier alpha value is -2.82. The average Bonchev–Trinajstić information content (AvgIpc) is 2.58. The number of anilines is 1. The Balaban J connectivity index is 2.05. The van der Waals surface area contributed by atoms with Gasteiger partial charge in [0.05, 0.1) is 5.69 Å². The second kappa shape index (κ2) is 6.83. The first-order chi connectivity index (χ1) is 12.3. The van der Waals surface area contributed by atoms with Gasteiger partial charge in [0.2, 0.25) is 7.98 Å². The minimum atomic E-state index is 0.168. The summed E-state index contributed by atoms with van der Waals surface area (Å²) in [7, 11) is 7.59. The van der Waals surface area contributed by atoms with Crippen LogP contribution in [0.2, 0.25) is 0 Å². The highest BCUT2D eigenvalue weighted by Crippen LogP contribution is 2.40. The molecule has 0 aliphatic rings. The summed E-state index contributed by atoms with van der Waals surface area (Å²) in [6.07, 6.45) is 0. The predicted octanol–water partition coefficient (Wildman–Crippen LogP) is 5.71. The lowest BCUT2D eigenvalue weighted by molar-refractivity contribution is 0.482. The van der Waals surface area contributed by atoms with Gasteiger partial charge in [0.15, 0.2) is 5.75 Å². The predicted molar refractivity (Wildman–Crippen MR) is 109 cm³/mol. The topological polar surface area (TPSA) is 48.2 Å². The molecule has 0 aromatic heterocycles. The van der Waals surface area contributed by atoms with E-state index in [0.717, 1.165) is 27.6 Å². The number of phenols is 1.